The number of methoxy groups -OCH3 is 1. The topological polar surface area (TPSA) is 51.4 Å². The van der Waals surface area contributed by atoms with E-state index < -0.39 is 0 Å². The van der Waals surface area contributed by atoms with Crippen molar-refractivity contribution in [3.63, 3.8) is 0 Å². The third-order valence-electron chi connectivity index (χ3n) is 4.00. The zero-order chi connectivity index (χ0) is 14.8. The van der Waals surface area contributed by atoms with Crippen LogP contribution in [0.4, 0.5) is 0 Å². The molecular formula is C16H21N3O2. The van der Waals surface area contributed by atoms with Crippen molar-refractivity contribution in [1.29, 1.82) is 0 Å². The van der Waals surface area contributed by atoms with Gasteiger partial charge in [0.25, 0.3) is 0 Å². The van der Waals surface area contributed by atoms with Gasteiger partial charge in [-0.3, -0.25) is 4.90 Å². The second-order valence-electron chi connectivity index (χ2n) is 5.78. The molecule has 5 heteroatoms. The minimum absolute atomic E-state index is 0.377. The highest BCUT2D eigenvalue weighted by Gasteiger charge is 2.31. The molecule has 0 N–H and O–H groups in total. The maximum absolute atomic E-state index is 5.52. The number of hydrogen-bond acceptors (Lipinski definition) is 5. The maximum Gasteiger partial charge on any atom is 0.230 e. The van der Waals surface area contributed by atoms with E-state index in [4.69, 9.17) is 9.15 Å². The lowest BCUT2D eigenvalue weighted by atomic mass is 10.0. The molecule has 0 spiro atoms. The first-order valence-corrected chi connectivity index (χ1v) is 7.32. The first-order valence-electron chi connectivity index (χ1n) is 7.32. The van der Waals surface area contributed by atoms with Crippen molar-refractivity contribution in [3.05, 3.63) is 41.6 Å². The minimum Gasteiger partial charge on any atom is -0.497 e. The molecule has 3 rings (SSSR count). The van der Waals surface area contributed by atoms with Gasteiger partial charge >= 0.3 is 0 Å². The van der Waals surface area contributed by atoms with Gasteiger partial charge in [0, 0.05) is 19.5 Å². The predicted molar refractivity (Wildman–Crippen MR) is 79.0 cm³/mol. The van der Waals surface area contributed by atoms with Crippen LogP contribution in [-0.2, 0) is 6.54 Å². The van der Waals surface area contributed by atoms with E-state index in [-0.39, 0.29) is 0 Å². The lowest BCUT2D eigenvalue weighted by Crippen LogP contribution is -2.23. The van der Waals surface area contributed by atoms with Crippen molar-refractivity contribution >= 4 is 0 Å². The Hall–Kier alpha value is -1.88. The molecule has 112 valence electrons. The fraction of sp³-hybridized carbons (Fsp3) is 0.500. The highest BCUT2D eigenvalue weighted by atomic mass is 16.5. The molecule has 1 fully saturated rings. The van der Waals surface area contributed by atoms with Crippen molar-refractivity contribution in [1.82, 2.24) is 15.1 Å². The summed E-state index contributed by atoms with van der Waals surface area (Å²) in [5.41, 5.74) is 1.29. The summed E-state index contributed by atoms with van der Waals surface area (Å²) < 4.78 is 10.9. The van der Waals surface area contributed by atoms with E-state index >= 15 is 0 Å². The predicted octanol–water partition coefficient (Wildman–Crippen LogP) is 2.97. The van der Waals surface area contributed by atoms with E-state index in [9.17, 15) is 0 Å². The Morgan fingerprint density at radius 3 is 2.95 bits per heavy atom. The Balaban J connectivity index is 1.81. The Kier molecular flexibility index (Phi) is 3.92. The summed E-state index contributed by atoms with van der Waals surface area (Å²) in [6, 6.07) is 8.69. The van der Waals surface area contributed by atoms with E-state index in [1.54, 1.807) is 7.11 Å². The van der Waals surface area contributed by atoms with E-state index in [2.05, 4.69) is 34.2 Å². The van der Waals surface area contributed by atoms with Crippen molar-refractivity contribution < 1.29 is 9.15 Å². The average molecular weight is 287 g/mol. The van der Waals surface area contributed by atoms with Crippen molar-refractivity contribution in [2.24, 2.45) is 5.92 Å². The van der Waals surface area contributed by atoms with Gasteiger partial charge in [-0.15, -0.1) is 10.2 Å². The molecule has 0 amide bonds. The molecule has 5 nitrogen and oxygen atoms in total. The summed E-state index contributed by atoms with van der Waals surface area (Å²) in [7, 11) is 1.70. The molecule has 1 aromatic carbocycles. The third-order valence-corrected chi connectivity index (χ3v) is 4.00. The highest BCUT2D eigenvalue weighted by molar-refractivity contribution is 5.31. The van der Waals surface area contributed by atoms with E-state index in [0.717, 1.165) is 18.7 Å². The van der Waals surface area contributed by atoms with Crippen LogP contribution in [-0.4, -0.2) is 28.8 Å². The van der Waals surface area contributed by atoms with Gasteiger partial charge in [0.15, 0.2) is 0 Å². The van der Waals surface area contributed by atoms with Crippen molar-refractivity contribution in [2.45, 2.75) is 32.9 Å². The van der Waals surface area contributed by atoms with E-state index in [1.807, 2.05) is 19.1 Å². The Morgan fingerprint density at radius 1 is 1.38 bits per heavy atom. The number of benzene rings is 1. The number of hydrogen-bond donors (Lipinski definition) is 0. The third kappa shape index (κ3) is 3.08. The number of aromatic nitrogens is 2. The largest absolute Gasteiger partial charge is 0.497 e. The SMILES string of the molecule is COc1cccc([C@@H]2C[C@@H](C)CN2Cc2nnc(C)o2)c1. The van der Waals surface area contributed by atoms with Crippen LogP contribution in [0.2, 0.25) is 0 Å². The van der Waals surface area contributed by atoms with Gasteiger partial charge in [0.05, 0.1) is 13.7 Å². The fourth-order valence-corrected chi connectivity index (χ4v) is 3.08. The molecule has 2 atom stereocenters. The lowest BCUT2D eigenvalue weighted by molar-refractivity contribution is 0.219. The van der Waals surface area contributed by atoms with Crippen LogP contribution in [0.25, 0.3) is 0 Å². The summed E-state index contributed by atoms with van der Waals surface area (Å²) in [5, 5.41) is 8.02. The summed E-state index contributed by atoms with van der Waals surface area (Å²) >= 11 is 0. The second kappa shape index (κ2) is 5.85. The summed E-state index contributed by atoms with van der Waals surface area (Å²) in [6.45, 7) is 5.85. The first kappa shape index (κ1) is 14.1. The Labute approximate surface area is 124 Å². The summed E-state index contributed by atoms with van der Waals surface area (Å²) in [5.74, 6) is 2.87. The molecule has 0 radical (unpaired) electrons. The monoisotopic (exact) mass is 287 g/mol. The Morgan fingerprint density at radius 2 is 2.24 bits per heavy atom. The van der Waals surface area contributed by atoms with Gasteiger partial charge in [-0.1, -0.05) is 19.1 Å². The molecule has 21 heavy (non-hydrogen) atoms. The van der Waals surface area contributed by atoms with Gasteiger partial charge in [0.1, 0.15) is 5.75 Å². The van der Waals surface area contributed by atoms with Crippen molar-refractivity contribution in [2.75, 3.05) is 13.7 Å². The van der Waals surface area contributed by atoms with Crippen LogP contribution in [0, 0.1) is 12.8 Å². The summed E-state index contributed by atoms with van der Waals surface area (Å²) in [4.78, 5) is 2.41. The van der Waals surface area contributed by atoms with Gasteiger partial charge in [-0.2, -0.15) is 0 Å². The molecule has 1 saturated heterocycles. The normalized spacial score (nSPS) is 22.6. The molecule has 1 aliphatic rings. The number of nitrogens with zero attached hydrogens (tertiary/aromatic N) is 3. The number of likely N-dealkylation sites (tertiary alicyclic amines) is 1. The van der Waals surface area contributed by atoms with Gasteiger partial charge in [-0.25, -0.2) is 0 Å². The maximum atomic E-state index is 5.52. The molecule has 2 heterocycles. The minimum atomic E-state index is 0.377. The Bertz CT molecular complexity index is 611. The van der Waals surface area contributed by atoms with Gasteiger partial charge in [-0.05, 0) is 30.0 Å². The molecule has 1 aromatic heterocycles. The fourth-order valence-electron chi connectivity index (χ4n) is 3.08. The molecule has 1 aliphatic heterocycles. The standard InChI is InChI=1S/C16H21N3O2/c1-11-7-15(13-5-4-6-14(8-13)20-3)19(9-11)10-16-18-17-12(2)21-16/h4-6,8,11,15H,7,9-10H2,1-3H3/t11-,15+/m1/s1. The second-order valence-corrected chi connectivity index (χ2v) is 5.78. The number of aryl methyl sites for hydroxylation is 1. The van der Waals surface area contributed by atoms with Crippen LogP contribution < -0.4 is 4.74 Å². The molecule has 0 unspecified atom stereocenters. The molecule has 0 bridgehead atoms. The quantitative estimate of drug-likeness (QED) is 0.865. The zero-order valence-electron chi connectivity index (χ0n) is 12.7. The van der Waals surface area contributed by atoms with Crippen molar-refractivity contribution in [3.8, 4) is 5.75 Å². The van der Waals surface area contributed by atoms with Crippen LogP contribution in [0.1, 0.15) is 36.7 Å². The first-order chi connectivity index (χ1) is 10.2. The van der Waals surface area contributed by atoms with Crippen LogP contribution in [0.3, 0.4) is 0 Å². The molecule has 0 aliphatic carbocycles. The molecule has 0 saturated carbocycles. The molecular weight excluding hydrogens is 266 g/mol. The lowest BCUT2D eigenvalue weighted by Gasteiger charge is -2.23. The zero-order valence-corrected chi connectivity index (χ0v) is 12.7. The van der Waals surface area contributed by atoms with Gasteiger partial charge in [0.2, 0.25) is 11.8 Å². The average Bonchev–Trinajstić information content (AvgIpc) is 3.05. The highest BCUT2D eigenvalue weighted by Crippen LogP contribution is 2.37. The van der Waals surface area contributed by atoms with E-state index in [0.29, 0.717) is 30.3 Å². The smallest absolute Gasteiger partial charge is 0.230 e. The number of ether oxygens (including phenoxy) is 1. The van der Waals surface area contributed by atoms with Crippen LogP contribution in [0.15, 0.2) is 28.7 Å². The van der Waals surface area contributed by atoms with Gasteiger partial charge < -0.3 is 9.15 Å². The van der Waals surface area contributed by atoms with E-state index in [1.165, 1.54) is 5.56 Å². The molecule has 2 aromatic rings. The van der Waals surface area contributed by atoms with Crippen LogP contribution >= 0.6 is 0 Å². The number of rotatable bonds is 4. The summed E-state index contributed by atoms with van der Waals surface area (Å²) in [6.07, 6.45) is 1.14. The van der Waals surface area contributed by atoms with Crippen LogP contribution in [0.5, 0.6) is 5.75 Å².